The predicted molar refractivity (Wildman–Crippen MR) is 117 cm³/mol. The summed E-state index contributed by atoms with van der Waals surface area (Å²) in [6.45, 7) is 6.57. The van der Waals surface area contributed by atoms with Gasteiger partial charge in [0.05, 0.1) is 5.36 Å². The molecule has 2 aliphatic heterocycles. The first-order valence-electron chi connectivity index (χ1n) is 8.99. The SMILES string of the molecule is CSC1=NN2C(=c3cc(Br)ccc3=N[C@@H]2c2ccc(C(C)(C)C)cc2)C(=O)N1. The number of rotatable bonds is 1. The molecule has 5 nitrogen and oxygen atoms in total. The standard InChI is InChI=1S/C21H21BrN4OS/c1-21(2,3)13-7-5-12(6-8-13)18-23-16-10-9-14(22)11-15(16)17-19(27)24-20(28-4)25-26(17)18/h5-11,18H,1-4H3,(H,24,25,27)/t18-/m0/s1. The molecule has 0 spiro atoms. The van der Waals surface area contributed by atoms with Gasteiger partial charge in [-0.2, -0.15) is 0 Å². The summed E-state index contributed by atoms with van der Waals surface area (Å²) in [6.07, 6.45) is 1.51. The van der Waals surface area contributed by atoms with Crippen LogP contribution in [0.4, 0.5) is 0 Å². The van der Waals surface area contributed by atoms with Crippen molar-refractivity contribution >= 4 is 44.5 Å². The van der Waals surface area contributed by atoms with Crippen LogP contribution in [-0.2, 0) is 10.2 Å². The number of benzene rings is 2. The van der Waals surface area contributed by atoms with Crippen LogP contribution >= 0.6 is 27.7 Å². The zero-order chi connectivity index (χ0) is 20.1. The lowest BCUT2D eigenvalue weighted by Gasteiger charge is -2.34. The van der Waals surface area contributed by atoms with Crippen LogP contribution in [0, 0.1) is 0 Å². The fourth-order valence-corrected chi connectivity index (χ4v) is 4.04. The van der Waals surface area contributed by atoms with E-state index in [2.05, 4.69) is 71.4 Å². The van der Waals surface area contributed by atoms with E-state index in [-0.39, 0.29) is 17.5 Å². The van der Waals surface area contributed by atoms with Crippen LogP contribution in [0.2, 0.25) is 0 Å². The molecule has 0 aliphatic carbocycles. The van der Waals surface area contributed by atoms with Gasteiger partial charge in [-0.1, -0.05) is 72.7 Å². The van der Waals surface area contributed by atoms with Gasteiger partial charge in [-0.15, -0.1) is 5.10 Å². The Bertz CT molecular complexity index is 1100. The Morgan fingerprint density at radius 1 is 1.14 bits per heavy atom. The maximum atomic E-state index is 12.9. The Morgan fingerprint density at radius 2 is 1.86 bits per heavy atom. The monoisotopic (exact) mass is 456 g/mol. The largest absolute Gasteiger partial charge is 0.298 e. The number of amidine groups is 1. The summed E-state index contributed by atoms with van der Waals surface area (Å²) >= 11 is 4.90. The Morgan fingerprint density at radius 3 is 2.50 bits per heavy atom. The van der Waals surface area contributed by atoms with Gasteiger partial charge < -0.3 is 0 Å². The molecule has 2 aliphatic rings. The molecule has 4 rings (SSSR count). The number of hydrogen-bond donors (Lipinski definition) is 1. The highest BCUT2D eigenvalue weighted by molar-refractivity contribution is 9.10. The molecular formula is C21H21BrN4OS. The number of carbonyl (C=O) groups is 1. The summed E-state index contributed by atoms with van der Waals surface area (Å²) in [5.74, 6) is -0.162. The van der Waals surface area contributed by atoms with E-state index in [0.717, 1.165) is 20.6 Å². The maximum Gasteiger partial charge on any atom is 0.276 e. The van der Waals surface area contributed by atoms with Crippen molar-refractivity contribution in [1.29, 1.82) is 0 Å². The van der Waals surface area contributed by atoms with Gasteiger partial charge >= 0.3 is 0 Å². The fourth-order valence-electron chi connectivity index (χ4n) is 3.32. The van der Waals surface area contributed by atoms with Crippen LogP contribution < -0.4 is 15.9 Å². The minimum Gasteiger partial charge on any atom is -0.298 e. The average Bonchev–Trinajstić information content (AvgIpc) is 2.66. The van der Waals surface area contributed by atoms with Crippen LogP contribution in [0.15, 0.2) is 57.0 Å². The number of nitrogens with one attached hydrogen (secondary N) is 1. The molecule has 7 heteroatoms. The number of nitrogens with zero attached hydrogens (tertiary/aromatic N) is 3. The Labute approximate surface area is 176 Å². The van der Waals surface area contributed by atoms with Gasteiger partial charge in [0.1, 0.15) is 5.70 Å². The third-order valence-corrected chi connectivity index (χ3v) is 5.90. The van der Waals surface area contributed by atoms with Gasteiger partial charge in [0.15, 0.2) is 11.3 Å². The summed E-state index contributed by atoms with van der Waals surface area (Å²) in [7, 11) is 0. The van der Waals surface area contributed by atoms with Crippen molar-refractivity contribution in [1.82, 2.24) is 10.3 Å². The molecule has 2 heterocycles. The topological polar surface area (TPSA) is 57.1 Å². The van der Waals surface area contributed by atoms with E-state index in [0.29, 0.717) is 10.9 Å². The van der Waals surface area contributed by atoms with Gasteiger partial charge in [-0.25, -0.2) is 5.01 Å². The number of fused-ring (bicyclic) bond motifs is 2. The van der Waals surface area contributed by atoms with E-state index >= 15 is 0 Å². The molecule has 0 unspecified atom stereocenters. The molecular weight excluding hydrogens is 436 g/mol. The molecule has 0 fully saturated rings. The first-order valence-corrected chi connectivity index (χ1v) is 11.0. The smallest absolute Gasteiger partial charge is 0.276 e. The van der Waals surface area contributed by atoms with Crippen molar-refractivity contribution in [2.75, 3.05) is 6.26 Å². The van der Waals surface area contributed by atoms with E-state index in [1.807, 2.05) is 24.5 Å². The minimum atomic E-state index is -0.383. The second kappa shape index (κ2) is 7.04. The molecule has 1 N–H and O–H groups in total. The highest BCUT2D eigenvalue weighted by Gasteiger charge is 2.34. The third kappa shape index (κ3) is 3.37. The van der Waals surface area contributed by atoms with E-state index in [9.17, 15) is 4.79 Å². The molecule has 2 aromatic rings. The van der Waals surface area contributed by atoms with Crippen LogP contribution in [-0.4, -0.2) is 22.3 Å². The van der Waals surface area contributed by atoms with Crippen molar-refractivity contribution in [2.24, 2.45) is 10.1 Å². The number of thioether (sulfide) groups is 1. The van der Waals surface area contributed by atoms with Gasteiger partial charge in [0, 0.05) is 9.69 Å². The molecule has 2 aromatic carbocycles. The van der Waals surface area contributed by atoms with Crippen molar-refractivity contribution < 1.29 is 4.79 Å². The normalized spacial score (nSPS) is 18.7. The lowest BCUT2D eigenvalue weighted by atomic mass is 9.86. The minimum absolute atomic E-state index is 0.0770. The number of halogens is 1. The molecule has 1 amide bonds. The van der Waals surface area contributed by atoms with Crippen molar-refractivity contribution in [2.45, 2.75) is 32.4 Å². The molecule has 0 aromatic heterocycles. The van der Waals surface area contributed by atoms with Gasteiger partial charge in [-0.05, 0) is 41.0 Å². The van der Waals surface area contributed by atoms with Crippen LogP contribution in [0.1, 0.15) is 38.1 Å². The Kier molecular flexibility index (Phi) is 4.83. The summed E-state index contributed by atoms with van der Waals surface area (Å²) < 4.78 is 0.898. The second-order valence-corrected chi connectivity index (χ2v) is 9.50. The van der Waals surface area contributed by atoms with Gasteiger partial charge in [-0.3, -0.25) is 15.1 Å². The van der Waals surface area contributed by atoms with Crippen LogP contribution in [0.25, 0.3) is 5.70 Å². The predicted octanol–water partition coefficient (Wildman–Crippen LogP) is 3.25. The summed E-state index contributed by atoms with van der Waals surface area (Å²) in [5, 5.41) is 11.4. The quantitative estimate of drug-likeness (QED) is 0.716. The first kappa shape index (κ1) is 19.2. The Hall–Kier alpha value is -2.12. The number of amides is 1. The maximum absolute atomic E-state index is 12.9. The molecule has 0 saturated heterocycles. The van der Waals surface area contributed by atoms with Gasteiger partial charge in [0.2, 0.25) is 0 Å². The molecule has 28 heavy (non-hydrogen) atoms. The van der Waals surface area contributed by atoms with E-state index in [4.69, 9.17) is 4.99 Å². The lowest BCUT2D eigenvalue weighted by molar-refractivity contribution is -0.116. The fraction of sp³-hybridized carbons (Fsp3) is 0.286. The Balaban J connectivity index is 1.91. The molecule has 1 atom stereocenters. The van der Waals surface area contributed by atoms with Crippen LogP contribution in [0.5, 0.6) is 0 Å². The summed E-state index contributed by atoms with van der Waals surface area (Å²) in [4.78, 5) is 17.8. The zero-order valence-electron chi connectivity index (χ0n) is 16.2. The van der Waals surface area contributed by atoms with E-state index in [1.54, 1.807) is 5.01 Å². The molecule has 0 radical (unpaired) electrons. The molecule has 144 valence electrons. The van der Waals surface area contributed by atoms with E-state index < -0.39 is 0 Å². The zero-order valence-corrected chi connectivity index (χ0v) is 18.6. The number of hydrogen-bond acceptors (Lipinski definition) is 5. The molecule has 0 saturated carbocycles. The van der Waals surface area contributed by atoms with Gasteiger partial charge in [0.25, 0.3) is 5.91 Å². The van der Waals surface area contributed by atoms with Crippen molar-refractivity contribution in [3.05, 3.63) is 68.6 Å². The summed E-state index contributed by atoms with van der Waals surface area (Å²) in [6, 6.07) is 14.2. The highest BCUT2D eigenvalue weighted by Crippen LogP contribution is 2.32. The third-order valence-electron chi connectivity index (χ3n) is 4.84. The van der Waals surface area contributed by atoms with E-state index in [1.165, 1.54) is 17.3 Å². The van der Waals surface area contributed by atoms with Crippen molar-refractivity contribution in [3.8, 4) is 0 Å². The molecule has 0 bridgehead atoms. The highest BCUT2D eigenvalue weighted by atomic mass is 79.9. The van der Waals surface area contributed by atoms with Crippen molar-refractivity contribution in [3.63, 3.8) is 0 Å². The number of hydrazone groups is 1. The van der Waals surface area contributed by atoms with Crippen LogP contribution in [0.3, 0.4) is 0 Å². The first-order chi connectivity index (χ1) is 13.3. The lowest BCUT2D eigenvalue weighted by Crippen LogP contribution is -2.50. The summed E-state index contributed by atoms with van der Waals surface area (Å²) in [5.41, 5.74) is 2.85. The number of carbonyl (C=O) groups excluding carboxylic acids is 1. The second-order valence-electron chi connectivity index (χ2n) is 7.79. The average molecular weight is 457 g/mol.